The van der Waals surface area contributed by atoms with Crippen molar-refractivity contribution in [1.29, 1.82) is 0 Å². The van der Waals surface area contributed by atoms with E-state index in [-0.39, 0.29) is 12.3 Å². The Morgan fingerprint density at radius 3 is 2.34 bits per heavy atom. The zero-order chi connectivity index (χ0) is 20.5. The van der Waals surface area contributed by atoms with E-state index in [1.165, 1.54) is 0 Å². The molecule has 0 fully saturated rings. The van der Waals surface area contributed by atoms with Crippen LogP contribution in [0, 0.1) is 0 Å². The number of amides is 2. The van der Waals surface area contributed by atoms with E-state index in [2.05, 4.69) is 16.8 Å². The molecule has 29 heavy (non-hydrogen) atoms. The lowest BCUT2D eigenvalue weighted by Gasteiger charge is -2.26. The van der Waals surface area contributed by atoms with Crippen LogP contribution in [0.25, 0.3) is 10.8 Å². The van der Waals surface area contributed by atoms with Gasteiger partial charge in [0.25, 0.3) is 11.8 Å². The first-order valence-electron chi connectivity index (χ1n) is 8.76. The minimum Gasteiger partial charge on any atom is -0.481 e. The second kappa shape index (κ2) is 7.51. The van der Waals surface area contributed by atoms with Crippen molar-refractivity contribution in [2.45, 2.75) is 18.2 Å². The Labute approximate surface area is 169 Å². The summed E-state index contributed by atoms with van der Waals surface area (Å²) < 4.78 is 1.66. The number of hydrogen-bond acceptors (Lipinski definition) is 6. The largest absolute Gasteiger partial charge is 0.481 e. The van der Waals surface area contributed by atoms with Crippen LogP contribution >= 0.6 is 11.8 Å². The van der Waals surface area contributed by atoms with Crippen molar-refractivity contribution in [3.8, 4) is 0 Å². The third-order valence-electron chi connectivity index (χ3n) is 4.59. The van der Waals surface area contributed by atoms with E-state index in [9.17, 15) is 14.4 Å². The highest BCUT2D eigenvalue weighted by Crippen LogP contribution is 2.31. The number of nitrogens with zero attached hydrogens (tertiary/aromatic N) is 4. The van der Waals surface area contributed by atoms with E-state index in [1.807, 2.05) is 12.1 Å². The molecule has 2 amide bonds. The van der Waals surface area contributed by atoms with Gasteiger partial charge in [0.05, 0.1) is 12.3 Å². The van der Waals surface area contributed by atoms with E-state index in [0.29, 0.717) is 34.0 Å². The summed E-state index contributed by atoms with van der Waals surface area (Å²) in [6, 6.07) is 10.7. The van der Waals surface area contributed by atoms with Crippen molar-refractivity contribution in [3.63, 3.8) is 0 Å². The Kier molecular flexibility index (Phi) is 4.89. The van der Waals surface area contributed by atoms with E-state index in [0.717, 1.165) is 22.0 Å². The Balaban J connectivity index is 1.70. The number of rotatable bonds is 7. The van der Waals surface area contributed by atoms with E-state index >= 15 is 0 Å². The predicted molar refractivity (Wildman–Crippen MR) is 107 cm³/mol. The van der Waals surface area contributed by atoms with Crippen molar-refractivity contribution in [3.05, 3.63) is 66.0 Å². The molecule has 146 valence electrons. The van der Waals surface area contributed by atoms with Crippen LogP contribution < -0.4 is 0 Å². The number of imide groups is 1. The molecule has 1 aromatic heterocycles. The first kappa shape index (κ1) is 18.9. The summed E-state index contributed by atoms with van der Waals surface area (Å²) in [4.78, 5) is 38.1. The van der Waals surface area contributed by atoms with Crippen molar-refractivity contribution in [2.75, 3.05) is 5.75 Å². The number of carboxylic acids is 1. The maximum atomic E-state index is 13.1. The van der Waals surface area contributed by atoms with Crippen molar-refractivity contribution in [1.82, 2.24) is 19.7 Å². The van der Waals surface area contributed by atoms with Crippen LogP contribution in [-0.2, 0) is 17.9 Å². The summed E-state index contributed by atoms with van der Waals surface area (Å²) in [5.41, 5.74) is 0.931. The average molecular weight is 408 g/mol. The Bertz CT molecular complexity index is 1120. The maximum absolute atomic E-state index is 13.1. The molecule has 0 bridgehead atoms. The number of carbonyl (C=O) groups excluding carboxylic acids is 2. The number of thioether (sulfide) groups is 1. The standard InChI is InChI=1S/C20H16N4O4S/c1-2-9-23-15(21-22-20(23)29-11-16(25)26)10-24-18(27)13-7-3-5-12-6-4-8-14(17(12)13)19(24)28/h2-8H,1,9-11H2,(H,25,26). The summed E-state index contributed by atoms with van der Waals surface area (Å²) in [5.74, 6) is -1.56. The second-order valence-electron chi connectivity index (χ2n) is 6.39. The molecule has 0 saturated carbocycles. The maximum Gasteiger partial charge on any atom is 0.313 e. The Morgan fingerprint density at radius 2 is 1.76 bits per heavy atom. The molecule has 3 aromatic rings. The van der Waals surface area contributed by atoms with Crippen LogP contribution in [0.4, 0.5) is 0 Å². The molecule has 2 heterocycles. The Morgan fingerprint density at radius 1 is 1.10 bits per heavy atom. The van der Waals surface area contributed by atoms with Crippen LogP contribution in [0.3, 0.4) is 0 Å². The molecule has 1 aliphatic rings. The first-order chi connectivity index (χ1) is 14.0. The molecule has 0 aliphatic carbocycles. The van der Waals surface area contributed by atoms with Gasteiger partial charge in [-0.15, -0.1) is 16.8 Å². The highest BCUT2D eigenvalue weighted by atomic mass is 32.2. The van der Waals surface area contributed by atoms with Gasteiger partial charge >= 0.3 is 5.97 Å². The van der Waals surface area contributed by atoms with Crippen LogP contribution in [0.2, 0.25) is 0 Å². The predicted octanol–water partition coefficient (Wildman–Crippen LogP) is 2.59. The topological polar surface area (TPSA) is 105 Å². The van der Waals surface area contributed by atoms with Crippen LogP contribution in [-0.4, -0.2) is 48.3 Å². The molecule has 0 spiro atoms. The summed E-state index contributed by atoms with van der Waals surface area (Å²) in [6.45, 7) is 3.95. The molecule has 0 atom stereocenters. The number of aliphatic carboxylic acids is 1. The summed E-state index contributed by atoms with van der Waals surface area (Å²) in [7, 11) is 0. The first-order valence-corrected chi connectivity index (χ1v) is 9.75. The van der Waals surface area contributed by atoms with Gasteiger partial charge in [-0.3, -0.25) is 19.3 Å². The minimum atomic E-state index is -0.976. The number of benzene rings is 2. The Hall–Kier alpha value is -3.46. The number of carbonyl (C=O) groups is 3. The van der Waals surface area contributed by atoms with E-state index < -0.39 is 17.8 Å². The SMILES string of the molecule is C=CCn1c(CN2C(=O)c3cccc4cccc(c34)C2=O)nnc1SCC(=O)O. The van der Waals surface area contributed by atoms with Gasteiger partial charge in [0.15, 0.2) is 11.0 Å². The van der Waals surface area contributed by atoms with Gasteiger partial charge in [-0.05, 0) is 17.5 Å². The van der Waals surface area contributed by atoms with Gasteiger partial charge in [-0.1, -0.05) is 42.1 Å². The van der Waals surface area contributed by atoms with Crippen molar-refractivity contribution < 1.29 is 19.5 Å². The fourth-order valence-corrected chi connectivity index (χ4v) is 4.03. The molecule has 8 nitrogen and oxygen atoms in total. The number of allylic oxidation sites excluding steroid dienone is 1. The summed E-state index contributed by atoms with van der Waals surface area (Å²) in [6.07, 6.45) is 1.62. The molecular weight excluding hydrogens is 392 g/mol. The molecule has 1 N–H and O–H groups in total. The van der Waals surface area contributed by atoms with E-state index in [1.54, 1.807) is 34.9 Å². The average Bonchev–Trinajstić information content (AvgIpc) is 3.09. The van der Waals surface area contributed by atoms with Gasteiger partial charge in [-0.2, -0.15) is 0 Å². The zero-order valence-corrected chi connectivity index (χ0v) is 16.1. The summed E-state index contributed by atoms with van der Waals surface area (Å²) >= 11 is 1.02. The fraction of sp³-hybridized carbons (Fsp3) is 0.150. The zero-order valence-electron chi connectivity index (χ0n) is 15.2. The third-order valence-corrected chi connectivity index (χ3v) is 5.54. The molecule has 2 aromatic carbocycles. The lowest BCUT2D eigenvalue weighted by atomic mass is 9.94. The molecule has 0 saturated heterocycles. The van der Waals surface area contributed by atoms with E-state index in [4.69, 9.17) is 5.11 Å². The van der Waals surface area contributed by atoms with Gasteiger partial charge in [-0.25, -0.2) is 0 Å². The lowest BCUT2D eigenvalue weighted by molar-refractivity contribution is -0.133. The lowest BCUT2D eigenvalue weighted by Crippen LogP contribution is -2.40. The molecule has 9 heteroatoms. The van der Waals surface area contributed by atoms with Crippen LogP contribution in [0.1, 0.15) is 26.5 Å². The second-order valence-corrected chi connectivity index (χ2v) is 7.33. The van der Waals surface area contributed by atoms with Gasteiger partial charge in [0.2, 0.25) is 0 Å². The summed E-state index contributed by atoms with van der Waals surface area (Å²) in [5, 5.41) is 18.9. The molecule has 0 unspecified atom stereocenters. The minimum absolute atomic E-state index is 0.0726. The molecule has 4 rings (SSSR count). The highest BCUT2D eigenvalue weighted by Gasteiger charge is 2.33. The number of aromatic nitrogens is 3. The van der Waals surface area contributed by atoms with Gasteiger partial charge < -0.3 is 9.67 Å². The molecule has 0 radical (unpaired) electrons. The van der Waals surface area contributed by atoms with Gasteiger partial charge in [0, 0.05) is 23.1 Å². The molecule has 1 aliphatic heterocycles. The van der Waals surface area contributed by atoms with Crippen molar-refractivity contribution >= 4 is 40.3 Å². The number of hydrogen-bond donors (Lipinski definition) is 1. The van der Waals surface area contributed by atoms with Crippen LogP contribution in [0.5, 0.6) is 0 Å². The normalized spacial score (nSPS) is 13.2. The highest BCUT2D eigenvalue weighted by molar-refractivity contribution is 7.99. The smallest absolute Gasteiger partial charge is 0.313 e. The van der Waals surface area contributed by atoms with Gasteiger partial charge in [0.1, 0.15) is 0 Å². The monoisotopic (exact) mass is 408 g/mol. The quantitative estimate of drug-likeness (QED) is 0.364. The fourth-order valence-electron chi connectivity index (χ4n) is 3.35. The van der Waals surface area contributed by atoms with Crippen molar-refractivity contribution in [2.24, 2.45) is 0 Å². The number of carboxylic acid groups (broad SMARTS) is 1. The third kappa shape index (κ3) is 3.29. The van der Waals surface area contributed by atoms with Crippen LogP contribution in [0.15, 0.2) is 54.2 Å². The molecular formula is C20H16N4O4S.